The van der Waals surface area contributed by atoms with Crippen LogP contribution in [0, 0.1) is 5.92 Å². The number of aromatic hydroxyl groups is 2. The van der Waals surface area contributed by atoms with Crippen LogP contribution in [0.2, 0.25) is 0 Å². The number of ketones is 3. The first-order chi connectivity index (χ1) is 12.4. The maximum Gasteiger partial charge on any atom is 0.197 e. The first-order valence-corrected chi connectivity index (χ1v) is 8.11. The van der Waals surface area contributed by atoms with Gasteiger partial charge in [0, 0.05) is 22.3 Å². The number of fused-ring (bicyclic) bond motifs is 7. The fourth-order valence-electron chi connectivity index (χ4n) is 4.50. The van der Waals surface area contributed by atoms with Gasteiger partial charge in [-0.25, -0.2) is 0 Å². The molecule has 0 aromatic heterocycles. The first kappa shape index (κ1) is 15.0. The third-order valence-corrected chi connectivity index (χ3v) is 5.57. The van der Waals surface area contributed by atoms with Crippen LogP contribution in [0.25, 0.3) is 0 Å². The van der Waals surface area contributed by atoms with Gasteiger partial charge in [-0.3, -0.25) is 14.4 Å². The number of aliphatic hydroxyl groups is 1. The molecule has 3 aliphatic rings. The second-order valence-electron chi connectivity index (χ2n) is 6.83. The normalized spacial score (nSPS) is 25.9. The topological polar surface area (TPSA) is 112 Å². The van der Waals surface area contributed by atoms with Gasteiger partial charge in [0.05, 0.1) is 17.0 Å². The molecule has 0 radical (unpaired) electrons. The van der Waals surface area contributed by atoms with Crippen LogP contribution in [-0.4, -0.2) is 32.7 Å². The molecule has 5 rings (SSSR count). The molecule has 6 nitrogen and oxygen atoms in total. The fourth-order valence-corrected chi connectivity index (χ4v) is 4.50. The van der Waals surface area contributed by atoms with Crippen molar-refractivity contribution >= 4 is 17.3 Å². The number of rotatable bonds is 0. The average molecular weight is 348 g/mol. The summed E-state index contributed by atoms with van der Waals surface area (Å²) in [6, 6.07) is 8.43. The molecule has 0 saturated carbocycles. The smallest absolute Gasteiger partial charge is 0.197 e. The van der Waals surface area contributed by atoms with E-state index < -0.39 is 28.9 Å². The monoisotopic (exact) mass is 348 g/mol. The molecular formula is C20H12O6. The van der Waals surface area contributed by atoms with Crippen LogP contribution in [0.4, 0.5) is 0 Å². The number of hydrogen-bond acceptors (Lipinski definition) is 6. The highest BCUT2D eigenvalue weighted by Gasteiger charge is 2.59. The lowest BCUT2D eigenvalue weighted by molar-refractivity contribution is 0.0486. The molecule has 3 aliphatic carbocycles. The Morgan fingerprint density at radius 3 is 2.27 bits per heavy atom. The van der Waals surface area contributed by atoms with Gasteiger partial charge in [0.2, 0.25) is 0 Å². The highest BCUT2D eigenvalue weighted by atomic mass is 16.3. The zero-order valence-corrected chi connectivity index (χ0v) is 13.3. The molecule has 0 fully saturated rings. The molecule has 6 heteroatoms. The van der Waals surface area contributed by atoms with Crippen molar-refractivity contribution < 1.29 is 29.7 Å². The van der Waals surface area contributed by atoms with Crippen LogP contribution in [0.15, 0.2) is 47.5 Å². The van der Waals surface area contributed by atoms with Gasteiger partial charge >= 0.3 is 0 Å². The Bertz CT molecular complexity index is 1110. The Morgan fingerprint density at radius 1 is 0.885 bits per heavy atom. The fraction of sp³-hybridized carbons (Fsp3) is 0.150. The molecule has 0 heterocycles. The highest BCUT2D eigenvalue weighted by Crippen LogP contribution is 2.57. The number of benzene rings is 2. The van der Waals surface area contributed by atoms with Gasteiger partial charge in [0.1, 0.15) is 17.1 Å². The zero-order valence-electron chi connectivity index (χ0n) is 13.3. The molecular weight excluding hydrogens is 336 g/mol. The second-order valence-corrected chi connectivity index (χ2v) is 6.83. The van der Waals surface area contributed by atoms with Gasteiger partial charge in [0.25, 0.3) is 0 Å². The van der Waals surface area contributed by atoms with E-state index in [0.717, 1.165) is 0 Å². The SMILES string of the molecule is O=C1C2=C(C(=O)c3c(O)cccc31)C1(O)CC2C(=O)c2c(O)cccc21. The van der Waals surface area contributed by atoms with E-state index >= 15 is 0 Å². The predicted octanol–water partition coefficient (Wildman–Crippen LogP) is 1.88. The number of phenolic OH excluding ortho intramolecular Hbond substituents is 2. The van der Waals surface area contributed by atoms with E-state index in [2.05, 4.69) is 0 Å². The van der Waals surface area contributed by atoms with Crippen molar-refractivity contribution in [2.75, 3.05) is 0 Å². The number of carbonyl (C=O) groups is 3. The summed E-state index contributed by atoms with van der Waals surface area (Å²) in [7, 11) is 0. The minimum Gasteiger partial charge on any atom is -0.507 e. The number of hydrogen-bond donors (Lipinski definition) is 3. The van der Waals surface area contributed by atoms with Crippen molar-refractivity contribution in [1.82, 2.24) is 0 Å². The molecule has 0 saturated heterocycles. The van der Waals surface area contributed by atoms with Crippen molar-refractivity contribution in [3.05, 3.63) is 69.8 Å². The molecule has 26 heavy (non-hydrogen) atoms. The van der Waals surface area contributed by atoms with E-state index in [1.54, 1.807) is 0 Å². The Labute approximate surface area is 147 Å². The third-order valence-electron chi connectivity index (χ3n) is 5.57. The first-order valence-electron chi connectivity index (χ1n) is 8.11. The Morgan fingerprint density at radius 2 is 1.54 bits per heavy atom. The summed E-state index contributed by atoms with van der Waals surface area (Å²) in [6.07, 6.45) is -0.126. The summed E-state index contributed by atoms with van der Waals surface area (Å²) < 4.78 is 0. The second kappa shape index (κ2) is 4.47. The van der Waals surface area contributed by atoms with E-state index in [9.17, 15) is 29.7 Å². The average Bonchev–Trinajstić information content (AvgIpc) is 2.90. The molecule has 0 amide bonds. The summed E-state index contributed by atoms with van der Waals surface area (Å²) in [5.74, 6) is -3.34. The quantitative estimate of drug-likeness (QED) is 0.670. The summed E-state index contributed by atoms with van der Waals surface area (Å²) >= 11 is 0. The van der Waals surface area contributed by atoms with E-state index in [1.807, 2.05) is 0 Å². The van der Waals surface area contributed by atoms with Crippen LogP contribution in [-0.2, 0) is 5.60 Å². The molecule has 2 aromatic rings. The molecule has 0 aliphatic heterocycles. The molecule has 2 unspecified atom stereocenters. The van der Waals surface area contributed by atoms with Gasteiger partial charge < -0.3 is 15.3 Å². The number of Topliss-reactive ketones (excluding diaryl/α,β-unsaturated/α-hetero) is 3. The number of phenols is 2. The minimum absolute atomic E-state index is 0.0194. The van der Waals surface area contributed by atoms with Gasteiger partial charge in [0.15, 0.2) is 17.3 Å². The predicted molar refractivity (Wildman–Crippen MR) is 88.2 cm³/mol. The number of allylic oxidation sites excluding steroid dienone is 1. The lowest BCUT2D eigenvalue weighted by atomic mass is 9.74. The number of carbonyl (C=O) groups excluding carboxylic acids is 3. The Kier molecular flexibility index (Phi) is 2.59. The van der Waals surface area contributed by atoms with Gasteiger partial charge in [-0.05, 0) is 18.6 Å². The molecule has 2 aromatic carbocycles. The van der Waals surface area contributed by atoms with Crippen molar-refractivity contribution in [1.29, 1.82) is 0 Å². The van der Waals surface area contributed by atoms with E-state index in [1.165, 1.54) is 36.4 Å². The van der Waals surface area contributed by atoms with Crippen molar-refractivity contribution in [3.8, 4) is 11.5 Å². The molecule has 2 atom stereocenters. The van der Waals surface area contributed by atoms with E-state index in [4.69, 9.17) is 0 Å². The lowest BCUT2D eigenvalue weighted by Gasteiger charge is -2.32. The van der Waals surface area contributed by atoms with Crippen LogP contribution >= 0.6 is 0 Å². The van der Waals surface area contributed by atoms with Crippen LogP contribution in [0.5, 0.6) is 11.5 Å². The van der Waals surface area contributed by atoms with Crippen molar-refractivity contribution in [2.45, 2.75) is 12.0 Å². The summed E-state index contributed by atoms with van der Waals surface area (Å²) in [5, 5.41) is 31.6. The molecule has 2 bridgehead atoms. The highest BCUT2D eigenvalue weighted by molar-refractivity contribution is 6.32. The lowest BCUT2D eigenvalue weighted by Crippen LogP contribution is -2.36. The van der Waals surface area contributed by atoms with Crippen molar-refractivity contribution in [2.24, 2.45) is 5.92 Å². The van der Waals surface area contributed by atoms with Crippen LogP contribution in [0.1, 0.15) is 43.1 Å². The van der Waals surface area contributed by atoms with Gasteiger partial charge in [-0.2, -0.15) is 0 Å². The Hall–Kier alpha value is -3.25. The standard InChI is InChI=1S/C20H12O6/c21-11-5-1-3-8-13(11)19(25)16-14(17(8)23)9-7-20(16,26)10-4-2-6-12(22)15(10)18(9)24/h1-6,9,21-22,26H,7H2. The van der Waals surface area contributed by atoms with Crippen molar-refractivity contribution in [3.63, 3.8) is 0 Å². The van der Waals surface area contributed by atoms with E-state index in [0.29, 0.717) is 0 Å². The maximum atomic E-state index is 13.1. The van der Waals surface area contributed by atoms with Gasteiger partial charge in [-0.15, -0.1) is 0 Å². The third kappa shape index (κ3) is 1.49. The van der Waals surface area contributed by atoms with Crippen LogP contribution < -0.4 is 0 Å². The minimum atomic E-state index is -1.85. The molecule has 0 spiro atoms. The molecule has 128 valence electrons. The van der Waals surface area contributed by atoms with E-state index in [-0.39, 0.29) is 51.3 Å². The summed E-state index contributed by atoms with van der Waals surface area (Å²) in [6.45, 7) is 0. The molecule has 3 N–H and O–H groups in total. The van der Waals surface area contributed by atoms with Crippen LogP contribution in [0.3, 0.4) is 0 Å². The maximum absolute atomic E-state index is 13.1. The largest absolute Gasteiger partial charge is 0.507 e. The zero-order chi connectivity index (χ0) is 18.4. The summed E-state index contributed by atoms with van der Waals surface area (Å²) in [4.78, 5) is 39.0. The summed E-state index contributed by atoms with van der Waals surface area (Å²) in [5.41, 5.74) is -2.14. The van der Waals surface area contributed by atoms with Gasteiger partial charge in [-0.1, -0.05) is 24.3 Å². The Balaban J connectivity index is 1.86.